The number of esters is 1. The standard InChI is InChI=1S/C26H29N5O2/c1-17(25(32)33-26(2,3)4)29-24-22-20(18-11-8-7-9-12-18)13-10-14-21(22)30-23(31-24)19(15-27-5)16-28-6/h7-17H,5H2,1-4,6H3,(H,29,30,31)/b19-15+,28-16?/t17-/m1/s1. The largest absolute Gasteiger partial charge is 0.458 e. The Morgan fingerprint density at radius 2 is 1.85 bits per heavy atom. The average Bonchev–Trinajstić information content (AvgIpc) is 2.77. The highest BCUT2D eigenvalue weighted by Crippen LogP contribution is 2.33. The molecular formula is C26H29N5O2. The molecular weight excluding hydrogens is 414 g/mol. The third-order valence-corrected chi connectivity index (χ3v) is 4.68. The minimum Gasteiger partial charge on any atom is -0.458 e. The van der Waals surface area contributed by atoms with Gasteiger partial charge in [0.25, 0.3) is 0 Å². The number of hydrogen-bond donors (Lipinski definition) is 1. The summed E-state index contributed by atoms with van der Waals surface area (Å²) < 4.78 is 5.55. The van der Waals surface area contributed by atoms with Crippen molar-refractivity contribution in [3.8, 4) is 11.1 Å². The summed E-state index contributed by atoms with van der Waals surface area (Å²) in [4.78, 5) is 30.2. The van der Waals surface area contributed by atoms with Crippen molar-refractivity contribution in [3.63, 3.8) is 0 Å². The van der Waals surface area contributed by atoms with Gasteiger partial charge in [-0.1, -0.05) is 42.5 Å². The second-order valence-electron chi connectivity index (χ2n) is 8.52. The molecule has 1 atom stereocenters. The molecule has 0 aliphatic heterocycles. The van der Waals surface area contributed by atoms with E-state index in [0.29, 0.717) is 17.2 Å². The molecule has 0 saturated heterocycles. The van der Waals surface area contributed by atoms with Crippen LogP contribution >= 0.6 is 0 Å². The number of carbonyl (C=O) groups is 1. The number of carbonyl (C=O) groups excluding carboxylic acids is 1. The number of nitrogens with zero attached hydrogens (tertiary/aromatic N) is 4. The Hall–Kier alpha value is -3.87. The molecule has 170 valence electrons. The number of fused-ring (bicyclic) bond motifs is 1. The molecule has 0 fully saturated rings. The first-order valence-corrected chi connectivity index (χ1v) is 10.7. The predicted molar refractivity (Wildman–Crippen MR) is 136 cm³/mol. The van der Waals surface area contributed by atoms with E-state index in [9.17, 15) is 4.79 Å². The summed E-state index contributed by atoms with van der Waals surface area (Å²) in [7, 11) is 1.66. The zero-order valence-electron chi connectivity index (χ0n) is 19.7. The molecule has 7 nitrogen and oxygen atoms in total. The fourth-order valence-electron chi connectivity index (χ4n) is 3.32. The van der Waals surface area contributed by atoms with Crippen molar-refractivity contribution in [1.82, 2.24) is 9.97 Å². The topological polar surface area (TPSA) is 88.8 Å². The Kier molecular flexibility index (Phi) is 7.33. The molecule has 3 aromatic rings. The summed E-state index contributed by atoms with van der Waals surface area (Å²) in [5.74, 6) is 0.573. The van der Waals surface area contributed by atoms with E-state index in [4.69, 9.17) is 14.7 Å². The zero-order chi connectivity index (χ0) is 24.0. The molecule has 3 rings (SSSR count). The van der Waals surface area contributed by atoms with Gasteiger partial charge in [-0.3, -0.25) is 9.98 Å². The van der Waals surface area contributed by atoms with Crippen LogP contribution in [0.15, 0.2) is 64.7 Å². The van der Waals surface area contributed by atoms with Crippen LogP contribution in [-0.2, 0) is 9.53 Å². The molecule has 0 saturated carbocycles. The van der Waals surface area contributed by atoms with Gasteiger partial charge in [-0.05, 0) is 51.6 Å². The number of benzene rings is 2. The van der Waals surface area contributed by atoms with E-state index in [1.165, 1.54) is 0 Å². The number of hydrogen-bond acceptors (Lipinski definition) is 7. The van der Waals surface area contributed by atoms with Crippen LogP contribution in [0.3, 0.4) is 0 Å². The summed E-state index contributed by atoms with van der Waals surface area (Å²) in [5.41, 5.74) is 2.71. The number of ether oxygens (including phenoxy) is 1. The molecule has 0 aliphatic rings. The molecule has 0 radical (unpaired) electrons. The van der Waals surface area contributed by atoms with Crippen LogP contribution in [0, 0.1) is 0 Å². The highest BCUT2D eigenvalue weighted by atomic mass is 16.6. The van der Waals surface area contributed by atoms with E-state index in [-0.39, 0.29) is 5.97 Å². The maximum absolute atomic E-state index is 12.7. The first-order chi connectivity index (χ1) is 15.7. The third kappa shape index (κ3) is 5.88. The highest BCUT2D eigenvalue weighted by molar-refractivity contribution is 6.10. The van der Waals surface area contributed by atoms with Crippen LogP contribution < -0.4 is 5.32 Å². The minimum absolute atomic E-state index is 0.369. The maximum atomic E-state index is 12.7. The number of anilines is 1. The number of nitrogens with one attached hydrogen (secondary N) is 1. The molecule has 33 heavy (non-hydrogen) atoms. The fourth-order valence-corrected chi connectivity index (χ4v) is 3.32. The Balaban J connectivity index is 2.21. The van der Waals surface area contributed by atoms with E-state index >= 15 is 0 Å². The Labute approximate surface area is 194 Å². The van der Waals surface area contributed by atoms with Gasteiger partial charge in [-0.2, -0.15) is 0 Å². The minimum atomic E-state index is -0.635. The van der Waals surface area contributed by atoms with Gasteiger partial charge in [0.15, 0.2) is 5.82 Å². The van der Waals surface area contributed by atoms with Crippen molar-refractivity contribution >= 4 is 41.2 Å². The first-order valence-electron chi connectivity index (χ1n) is 10.7. The number of aromatic nitrogens is 2. The van der Waals surface area contributed by atoms with Crippen molar-refractivity contribution in [2.24, 2.45) is 9.98 Å². The molecule has 1 N–H and O–H groups in total. The van der Waals surface area contributed by atoms with Gasteiger partial charge >= 0.3 is 5.97 Å². The van der Waals surface area contributed by atoms with Crippen LogP contribution in [0.2, 0.25) is 0 Å². The summed E-state index contributed by atoms with van der Waals surface area (Å²) >= 11 is 0. The molecule has 1 heterocycles. The first kappa shape index (κ1) is 23.8. The van der Waals surface area contributed by atoms with Crippen LogP contribution in [0.1, 0.15) is 33.5 Å². The smallest absolute Gasteiger partial charge is 0.328 e. The van der Waals surface area contributed by atoms with Gasteiger partial charge in [-0.15, -0.1) is 0 Å². The Morgan fingerprint density at radius 3 is 2.48 bits per heavy atom. The summed E-state index contributed by atoms with van der Waals surface area (Å²) in [6, 6.07) is 15.2. The lowest BCUT2D eigenvalue weighted by atomic mass is 10.0. The van der Waals surface area contributed by atoms with Gasteiger partial charge < -0.3 is 10.1 Å². The normalized spacial score (nSPS) is 13.2. The van der Waals surface area contributed by atoms with Crippen LogP contribution in [0.25, 0.3) is 27.6 Å². The van der Waals surface area contributed by atoms with Crippen LogP contribution in [-0.4, -0.2) is 47.6 Å². The summed E-state index contributed by atoms with van der Waals surface area (Å²) in [5, 5.41) is 4.06. The van der Waals surface area contributed by atoms with Crippen molar-refractivity contribution in [2.45, 2.75) is 39.3 Å². The van der Waals surface area contributed by atoms with E-state index in [0.717, 1.165) is 22.0 Å². The Bertz CT molecular complexity index is 1210. The summed E-state index contributed by atoms with van der Waals surface area (Å²) in [6.07, 6.45) is 3.17. The van der Waals surface area contributed by atoms with E-state index in [1.54, 1.807) is 26.4 Å². The van der Waals surface area contributed by atoms with E-state index in [1.807, 2.05) is 69.3 Å². The third-order valence-electron chi connectivity index (χ3n) is 4.68. The van der Waals surface area contributed by atoms with Crippen LogP contribution in [0.5, 0.6) is 0 Å². The highest BCUT2D eigenvalue weighted by Gasteiger charge is 2.24. The number of rotatable bonds is 7. The molecule has 0 aliphatic carbocycles. The van der Waals surface area contributed by atoms with Gasteiger partial charge in [-0.25, -0.2) is 14.8 Å². The average molecular weight is 444 g/mol. The van der Waals surface area contributed by atoms with Gasteiger partial charge in [0.1, 0.15) is 17.5 Å². The number of aliphatic imine (C=N–C) groups is 2. The predicted octanol–water partition coefficient (Wildman–Crippen LogP) is 5.18. The molecule has 2 aromatic carbocycles. The van der Waals surface area contributed by atoms with Crippen molar-refractivity contribution in [2.75, 3.05) is 12.4 Å². The Morgan fingerprint density at radius 1 is 1.12 bits per heavy atom. The molecule has 0 unspecified atom stereocenters. The molecule has 0 bridgehead atoms. The second kappa shape index (κ2) is 10.2. The quantitative estimate of drug-likeness (QED) is 0.401. The summed E-state index contributed by atoms with van der Waals surface area (Å²) in [6.45, 7) is 10.8. The van der Waals surface area contributed by atoms with E-state index < -0.39 is 11.6 Å². The lowest BCUT2D eigenvalue weighted by Gasteiger charge is -2.23. The zero-order valence-corrected chi connectivity index (χ0v) is 19.7. The van der Waals surface area contributed by atoms with Gasteiger partial charge in [0.05, 0.1) is 16.5 Å². The monoisotopic (exact) mass is 443 g/mol. The van der Waals surface area contributed by atoms with Gasteiger partial charge in [0.2, 0.25) is 0 Å². The number of allylic oxidation sites excluding steroid dienone is 1. The van der Waals surface area contributed by atoms with Crippen LogP contribution in [0.4, 0.5) is 5.82 Å². The van der Waals surface area contributed by atoms with Gasteiger partial charge in [0, 0.05) is 19.5 Å². The van der Waals surface area contributed by atoms with E-state index in [2.05, 4.69) is 22.0 Å². The second-order valence-corrected chi connectivity index (χ2v) is 8.52. The van der Waals surface area contributed by atoms with Crippen molar-refractivity contribution in [3.05, 3.63) is 60.6 Å². The van der Waals surface area contributed by atoms with Crippen molar-refractivity contribution in [1.29, 1.82) is 0 Å². The SMILES string of the molecule is C=N/C=C(\C=NC)c1nc(N[C@H](C)C(=O)OC(C)(C)C)c2c(-c3ccccc3)cccc2n1. The molecule has 0 amide bonds. The lowest BCUT2D eigenvalue weighted by Crippen LogP contribution is -2.34. The molecule has 0 spiro atoms. The maximum Gasteiger partial charge on any atom is 0.328 e. The lowest BCUT2D eigenvalue weighted by molar-refractivity contribution is -0.155. The fraction of sp³-hybridized carbons (Fsp3) is 0.269. The molecule has 1 aromatic heterocycles. The molecule has 7 heteroatoms. The van der Waals surface area contributed by atoms with Crippen molar-refractivity contribution < 1.29 is 9.53 Å².